The van der Waals surface area contributed by atoms with E-state index in [1.165, 1.54) is 57.0 Å². The van der Waals surface area contributed by atoms with E-state index in [-0.39, 0.29) is 12.4 Å². The number of rotatable bonds is 12. The van der Waals surface area contributed by atoms with E-state index in [0.29, 0.717) is 5.65 Å². The van der Waals surface area contributed by atoms with Gasteiger partial charge in [-0.3, -0.25) is 0 Å². The lowest BCUT2D eigenvalue weighted by atomic mass is 10.4. The third-order valence-electron chi connectivity index (χ3n) is 4.26. The summed E-state index contributed by atoms with van der Waals surface area (Å²) in [5.74, 6) is 0. The maximum Gasteiger partial charge on any atom is 0.361 e. The summed E-state index contributed by atoms with van der Waals surface area (Å²) in [6.07, 6.45) is 10.9. The van der Waals surface area contributed by atoms with Crippen LogP contribution in [0.3, 0.4) is 0 Å². The summed E-state index contributed by atoms with van der Waals surface area (Å²) in [6.45, 7) is 12.7. The second kappa shape index (κ2) is 13.8. The van der Waals surface area contributed by atoms with Gasteiger partial charge in [0.25, 0.3) is 0 Å². The lowest BCUT2D eigenvalue weighted by Gasteiger charge is -2.30. The molecule has 0 aliphatic carbocycles. The summed E-state index contributed by atoms with van der Waals surface area (Å²) in [4.78, 5) is 15.2. The van der Waals surface area contributed by atoms with Gasteiger partial charge in [0.05, 0.1) is 18.5 Å². The fraction of sp³-hybridized carbons (Fsp3) is 0.941. The molecule has 0 fully saturated rings. The Hall–Kier alpha value is 0.190. The minimum absolute atomic E-state index is 0. The van der Waals surface area contributed by atoms with Crippen molar-refractivity contribution in [1.82, 2.24) is 4.90 Å². The van der Waals surface area contributed by atoms with E-state index >= 15 is 0 Å². The molecule has 0 atom stereocenters. The van der Waals surface area contributed by atoms with Crippen molar-refractivity contribution in [3.8, 4) is 0 Å². The lowest BCUT2D eigenvalue weighted by molar-refractivity contribution is -0.00000761. The van der Waals surface area contributed by atoms with E-state index in [0.717, 1.165) is 13.1 Å². The number of hydrogen-bond acceptors (Lipinski definition) is 1. The number of carbonyl (C=O) groups excluding carboxylic acids is 1. The van der Waals surface area contributed by atoms with Crippen LogP contribution in [0.4, 0.5) is 4.79 Å². The molecule has 0 rings (SSSR count). The van der Waals surface area contributed by atoms with Crippen molar-refractivity contribution in [2.24, 2.45) is 0 Å². The van der Waals surface area contributed by atoms with Crippen LogP contribution in [-0.2, 0) is 0 Å². The van der Waals surface area contributed by atoms with Gasteiger partial charge in [-0.05, 0) is 33.1 Å². The highest BCUT2D eigenvalue weighted by Gasteiger charge is 2.46. The van der Waals surface area contributed by atoms with E-state index in [9.17, 15) is 4.79 Å². The van der Waals surface area contributed by atoms with Crippen molar-refractivity contribution in [3.63, 3.8) is 0 Å². The number of nitrogens with zero attached hydrogens (tertiary/aromatic N) is 1. The van der Waals surface area contributed by atoms with E-state index in [1.807, 2.05) is 0 Å². The van der Waals surface area contributed by atoms with Gasteiger partial charge < -0.3 is 17.3 Å². The van der Waals surface area contributed by atoms with Gasteiger partial charge in [0.1, 0.15) is 7.26 Å². The first-order chi connectivity index (χ1) is 9.61. The first-order valence-electron chi connectivity index (χ1n) is 8.77. The first-order valence-corrected chi connectivity index (χ1v) is 11.1. The van der Waals surface area contributed by atoms with E-state index in [4.69, 9.17) is 0 Å². The number of hydrogen-bond donors (Lipinski definition) is 0. The Morgan fingerprint density at radius 1 is 0.762 bits per heavy atom. The molecule has 0 saturated carbocycles. The van der Waals surface area contributed by atoms with Crippen LogP contribution in [0, 0.1) is 0 Å². The molecule has 0 spiro atoms. The van der Waals surface area contributed by atoms with Crippen LogP contribution >= 0.6 is 7.26 Å². The van der Waals surface area contributed by atoms with Gasteiger partial charge in [-0.15, -0.1) is 0 Å². The molecule has 128 valence electrons. The number of unbranched alkanes of at least 4 members (excludes halogenated alkanes) is 3. The Balaban J connectivity index is 0. The molecule has 2 nitrogen and oxygen atoms in total. The van der Waals surface area contributed by atoms with Crippen molar-refractivity contribution in [1.29, 1.82) is 0 Å². The summed E-state index contributed by atoms with van der Waals surface area (Å²) < 4.78 is 0. The molecule has 1 amide bonds. The van der Waals surface area contributed by atoms with Crippen LogP contribution in [0.2, 0.25) is 0 Å². The average molecular weight is 338 g/mol. The molecule has 0 bridgehead atoms. The molecule has 0 aromatic carbocycles. The van der Waals surface area contributed by atoms with Gasteiger partial charge in [0.2, 0.25) is 0 Å². The Morgan fingerprint density at radius 3 is 1.33 bits per heavy atom. The normalized spacial score (nSPS) is 11.1. The van der Waals surface area contributed by atoms with Crippen LogP contribution in [0.15, 0.2) is 0 Å². The van der Waals surface area contributed by atoms with Gasteiger partial charge in [0, 0.05) is 13.1 Å². The standard InChI is InChI=1S/C17H37NOP.ClH/c1-6-11-14-20(15-12-7-2,16-13-8-3)17(19)18(9-4)10-5;/h6-16H2,1-5H3;1H/q+1;/p-1. The number of amides is 1. The summed E-state index contributed by atoms with van der Waals surface area (Å²) in [6, 6.07) is 0. The molecule has 0 N–H and O–H groups in total. The average Bonchev–Trinajstić information content (AvgIpc) is 2.48. The Morgan fingerprint density at radius 2 is 1.10 bits per heavy atom. The molecule has 0 heterocycles. The maximum absolute atomic E-state index is 13.1. The molecule has 0 aromatic rings. The SMILES string of the molecule is CCCC[P+](CCCC)(CCCC)C(=O)N(CC)CC.[Cl-]. The fourth-order valence-electron chi connectivity index (χ4n) is 2.80. The molecule has 0 radical (unpaired) electrons. The topological polar surface area (TPSA) is 20.3 Å². The molecular weight excluding hydrogens is 301 g/mol. The van der Waals surface area contributed by atoms with Gasteiger partial charge >= 0.3 is 5.65 Å². The summed E-state index contributed by atoms with van der Waals surface area (Å²) in [5.41, 5.74) is 0.540. The smallest absolute Gasteiger partial charge is 0.361 e. The van der Waals surface area contributed by atoms with Gasteiger partial charge in [0.15, 0.2) is 0 Å². The summed E-state index contributed by atoms with van der Waals surface area (Å²) >= 11 is 0. The highest BCUT2D eigenvalue weighted by atomic mass is 35.5. The summed E-state index contributed by atoms with van der Waals surface area (Å²) in [5, 5.41) is 0. The van der Waals surface area contributed by atoms with Crippen LogP contribution in [0.1, 0.15) is 73.1 Å². The first kappa shape index (κ1) is 23.5. The highest BCUT2D eigenvalue weighted by Crippen LogP contribution is 2.62. The van der Waals surface area contributed by atoms with Crippen molar-refractivity contribution in [2.45, 2.75) is 73.1 Å². The highest BCUT2D eigenvalue weighted by molar-refractivity contribution is 7.90. The molecule has 0 unspecified atom stereocenters. The second-order valence-electron chi connectivity index (χ2n) is 5.83. The third-order valence-corrected chi connectivity index (χ3v) is 8.87. The minimum Gasteiger partial charge on any atom is -1.00 e. The Kier molecular flexibility index (Phi) is 15.4. The minimum atomic E-state index is -1.44. The zero-order valence-electron chi connectivity index (χ0n) is 15.0. The molecule has 0 aliphatic rings. The van der Waals surface area contributed by atoms with Crippen molar-refractivity contribution < 1.29 is 17.2 Å². The van der Waals surface area contributed by atoms with Gasteiger partial charge in [-0.1, -0.05) is 40.0 Å². The third kappa shape index (κ3) is 7.84. The van der Waals surface area contributed by atoms with E-state index in [1.54, 1.807) is 0 Å². The quantitative estimate of drug-likeness (QED) is 0.501. The molecule has 0 aliphatic heterocycles. The largest absolute Gasteiger partial charge is 1.00 e. The lowest BCUT2D eigenvalue weighted by Crippen LogP contribution is -3.00. The van der Waals surface area contributed by atoms with Crippen molar-refractivity contribution >= 4 is 12.9 Å². The molecular formula is C17H37ClNOP. The van der Waals surface area contributed by atoms with Crippen LogP contribution in [-0.4, -0.2) is 42.1 Å². The van der Waals surface area contributed by atoms with Crippen molar-refractivity contribution in [3.05, 3.63) is 0 Å². The monoisotopic (exact) mass is 337 g/mol. The number of halogens is 1. The van der Waals surface area contributed by atoms with Gasteiger partial charge in [-0.25, -0.2) is 4.79 Å². The van der Waals surface area contributed by atoms with E-state index in [2.05, 4.69) is 39.5 Å². The predicted octanol–water partition coefficient (Wildman–Crippen LogP) is 2.87. The van der Waals surface area contributed by atoms with Gasteiger partial charge in [-0.2, -0.15) is 0 Å². The maximum atomic E-state index is 13.1. The number of carbonyl (C=O) groups is 1. The fourth-order valence-corrected chi connectivity index (χ4v) is 7.69. The summed E-state index contributed by atoms with van der Waals surface area (Å²) in [7, 11) is -1.44. The molecule has 0 aromatic heterocycles. The zero-order valence-corrected chi connectivity index (χ0v) is 16.6. The van der Waals surface area contributed by atoms with Crippen LogP contribution < -0.4 is 12.4 Å². The van der Waals surface area contributed by atoms with Crippen molar-refractivity contribution in [2.75, 3.05) is 31.6 Å². The van der Waals surface area contributed by atoms with E-state index < -0.39 is 7.26 Å². The zero-order chi connectivity index (χ0) is 15.4. The predicted molar refractivity (Wildman–Crippen MR) is 94.6 cm³/mol. The Labute approximate surface area is 140 Å². The molecule has 21 heavy (non-hydrogen) atoms. The molecule has 4 heteroatoms. The van der Waals surface area contributed by atoms with Crippen LogP contribution in [0.5, 0.6) is 0 Å². The molecule has 0 saturated heterocycles. The second-order valence-corrected chi connectivity index (χ2v) is 9.85. The Bertz CT molecular complexity index is 235. The van der Waals surface area contributed by atoms with Crippen LogP contribution in [0.25, 0.3) is 0 Å².